The first kappa shape index (κ1) is 16.5. The first-order chi connectivity index (χ1) is 11.0. The third-order valence-corrected chi connectivity index (χ3v) is 3.37. The number of carbonyl (C=O) groups is 2. The second-order valence-electron chi connectivity index (χ2n) is 5.20. The minimum Gasteiger partial charge on any atom is -0.508 e. The van der Waals surface area contributed by atoms with Crippen molar-refractivity contribution < 1.29 is 24.5 Å². The number of hydrogen-bond acceptors (Lipinski definition) is 4. The molecule has 0 saturated heterocycles. The highest BCUT2D eigenvalue weighted by molar-refractivity contribution is 5.79. The number of carboxylic acids is 1. The average molecular weight is 314 g/mol. The Kier molecular flexibility index (Phi) is 5.74. The summed E-state index contributed by atoms with van der Waals surface area (Å²) < 4.78 is 5.26. The van der Waals surface area contributed by atoms with Gasteiger partial charge in [-0.1, -0.05) is 24.3 Å². The smallest absolute Gasteiger partial charge is 0.327 e. The Morgan fingerprint density at radius 3 is 2.61 bits per heavy atom. The van der Waals surface area contributed by atoms with Crippen LogP contribution < -0.4 is 0 Å². The van der Waals surface area contributed by atoms with Crippen molar-refractivity contribution in [3.63, 3.8) is 0 Å². The minimum atomic E-state index is -0.978. The van der Waals surface area contributed by atoms with Crippen LogP contribution in [0.4, 0.5) is 0 Å². The van der Waals surface area contributed by atoms with Crippen LogP contribution in [-0.4, -0.2) is 22.2 Å². The molecule has 0 aliphatic heterocycles. The van der Waals surface area contributed by atoms with Crippen molar-refractivity contribution >= 4 is 11.9 Å². The number of benzene rings is 1. The van der Waals surface area contributed by atoms with E-state index >= 15 is 0 Å². The number of carbonyl (C=O) groups excluding carboxylic acids is 1. The number of rotatable bonds is 6. The second kappa shape index (κ2) is 7.98. The van der Waals surface area contributed by atoms with Crippen molar-refractivity contribution in [1.29, 1.82) is 0 Å². The molecule has 1 atom stereocenters. The van der Waals surface area contributed by atoms with Crippen LogP contribution in [0.5, 0.6) is 5.75 Å². The SMILES string of the molecule is O=C(O)C=CC1C=CC(OC(=O)CCc2ccc(O)cc2)=CC1. The lowest BCUT2D eigenvalue weighted by atomic mass is 9.99. The largest absolute Gasteiger partial charge is 0.508 e. The van der Waals surface area contributed by atoms with Gasteiger partial charge in [-0.15, -0.1) is 0 Å². The molecule has 0 saturated carbocycles. The number of aryl methyl sites for hydroxylation is 1. The summed E-state index contributed by atoms with van der Waals surface area (Å²) in [5.41, 5.74) is 0.951. The van der Waals surface area contributed by atoms with Crippen LogP contribution in [0.2, 0.25) is 0 Å². The molecule has 1 unspecified atom stereocenters. The van der Waals surface area contributed by atoms with Crippen LogP contribution in [0.1, 0.15) is 18.4 Å². The molecule has 0 fully saturated rings. The quantitative estimate of drug-likeness (QED) is 0.623. The molecule has 1 aromatic carbocycles. The van der Waals surface area contributed by atoms with E-state index in [0.29, 0.717) is 18.6 Å². The number of phenols is 1. The van der Waals surface area contributed by atoms with Crippen LogP contribution in [0.15, 0.2) is 60.4 Å². The fraction of sp³-hybridized carbons (Fsp3) is 0.222. The monoisotopic (exact) mass is 314 g/mol. The molecule has 1 aliphatic carbocycles. The number of carboxylic acid groups (broad SMARTS) is 1. The van der Waals surface area contributed by atoms with Gasteiger partial charge in [0.2, 0.25) is 0 Å². The predicted molar refractivity (Wildman–Crippen MR) is 84.6 cm³/mol. The van der Waals surface area contributed by atoms with E-state index in [1.807, 2.05) is 6.08 Å². The van der Waals surface area contributed by atoms with E-state index in [4.69, 9.17) is 9.84 Å². The number of hydrogen-bond donors (Lipinski definition) is 2. The highest BCUT2D eigenvalue weighted by atomic mass is 16.5. The van der Waals surface area contributed by atoms with Crippen molar-refractivity contribution in [2.24, 2.45) is 5.92 Å². The molecule has 1 aliphatic rings. The van der Waals surface area contributed by atoms with Gasteiger partial charge in [0.25, 0.3) is 0 Å². The topological polar surface area (TPSA) is 83.8 Å². The van der Waals surface area contributed by atoms with E-state index in [-0.39, 0.29) is 24.1 Å². The Hall–Kier alpha value is -2.82. The molecule has 0 aromatic heterocycles. The summed E-state index contributed by atoms with van der Waals surface area (Å²) in [6, 6.07) is 6.69. The number of allylic oxidation sites excluding steroid dienone is 4. The number of ether oxygens (including phenoxy) is 1. The molecule has 0 bridgehead atoms. The maximum absolute atomic E-state index is 11.8. The summed E-state index contributed by atoms with van der Waals surface area (Å²) in [7, 11) is 0. The molecule has 1 aromatic rings. The number of aromatic hydroxyl groups is 1. The lowest BCUT2D eigenvalue weighted by Crippen LogP contribution is -2.07. The van der Waals surface area contributed by atoms with Crippen LogP contribution in [0, 0.1) is 5.92 Å². The Morgan fingerprint density at radius 2 is 2.00 bits per heavy atom. The molecule has 0 heterocycles. The summed E-state index contributed by atoms with van der Waals surface area (Å²) in [5.74, 6) is -0.617. The van der Waals surface area contributed by atoms with Crippen LogP contribution in [0.25, 0.3) is 0 Å². The van der Waals surface area contributed by atoms with E-state index in [9.17, 15) is 14.7 Å². The van der Waals surface area contributed by atoms with Gasteiger partial charge < -0.3 is 14.9 Å². The van der Waals surface area contributed by atoms with Crippen molar-refractivity contribution in [1.82, 2.24) is 0 Å². The van der Waals surface area contributed by atoms with Crippen molar-refractivity contribution in [3.05, 3.63) is 66.0 Å². The first-order valence-corrected chi connectivity index (χ1v) is 7.31. The molecule has 5 heteroatoms. The lowest BCUT2D eigenvalue weighted by Gasteiger charge is -2.12. The molecule has 120 valence electrons. The molecule has 2 rings (SSSR count). The molecular weight excluding hydrogens is 296 g/mol. The minimum absolute atomic E-state index is 0.00514. The van der Waals surface area contributed by atoms with Crippen molar-refractivity contribution in [2.75, 3.05) is 0 Å². The van der Waals surface area contributed by atoms with Gasteiger partial charge >= 0.3 is 11.9 Å². The maximum Gasteiger partial charge on any atom is 0.327 e. The molecule has 0 spiro atoms. The molecule has 2 N–H and O–H groups in total. The van der Waals surface area contributed by atoms with Crippen molar-refractivity contribution in [3.8, 4) is 5.75 Å². The highest BCUT2D eigenvalue weighted by Crippen LogP contribution is 2.19. The Morgan fingerprint density at radius 1 is 1.26 bits per heavy atom. The highest BCUT2D eigenvalue weighted by Gasteiger charge is 2.11. The van der Waals surface area contributed by atoms with Gasteiger partial charge in [0.15, 0.2) is 0 Å². The van der Waals surface area contributed by atoms with Gasteiger partial charge in [0, 0.05) is 12.5 Å². The predicted octanol–water partition coefficient (Wildman–Crippen LogP) is 2.97. The van der Waals surface area contributed by atoms with Gasteiger partial charge in [0.05, 0.1) is 0 Å². The summed E-state index contributed by atoms with van der Waals surface area (Å²) in [6.45, 7) is 0. The molecular formula is C18H18O5. The maximum atomic E-state index is 11.8. The molecule has 23 heavy (non-hydrogen) atoms. The molecule has 5 nitrogen and oxygen atoms in total. The molecule has 0 radical (unpaired) electrons. The standard InChI is InChI=1S/C18H18O5/c19-15-7-1-13(2-8-15)6-12-18(22)23-16-9-3-14(4-10-16)5-11-17(20)21/h1-3,5,7-11,14,19H,4,6,12H2,(H,20,21). The summed E-state index contributed by atoms with van der Waals surface area (Å²) in [6.07, 6.45) is 9.35. The first-order valence-electron chi connectivity index (χ1n) is 7.31. The fourth-order valence-corrected chi connectivity index (χ4v) is 2.13. The van der Waals surface area contributed by atoms with Gasteiger partial charge in [-0.2, -0.15) is 0 Å². The number of phenolic OH excluding ortho intramolecular Hbond substituents is 1. The zero-order chi connectivity index (χ0) is 16.7. The fourth-order valence-electron chi connectivity index (χ4n) is 2.13. The summed E-state index contributed by atoms with van der Waals surface area (Å²) >= 11 is 0. The van der Waals surface area contributed by atoms with E-state index in [2.05, 4.69) is 0 Å². The summed E-state index contributed by atoms with van der Waals surface area (Å²) in [5, 5.41) is 17.8. The van der Waals surface area contributed by atoms with E-state index < -0.39 is 5.97 Å². The zero-order valence-electron chi connectivity index (χ0n) is 12.5. The van der Waals surface area contributed by atoms with Gasteiger partial charge in [0.1, 0.15) is 11.5 Å². The van der Waals surface area contributed by atoms with E-state index in [1.54, 1.807) is 42.5 Å². The van der Waals surface area contributed by atoms with Crippen molar-refractivity contribution in [2.45, 2.75) is 19.3 Å². The third-order valence-electron chi connectivity index (χ3n) is 3.37. The second-order valence-corrected chi connectivity index (χ2v) is 5.20. The number of esters is 1. The Bertz CT molecular complexity index is 652. The van der Waals surface area contributed by atoms with Gasteiger partial charge in [-0.25, -0.2) is 4.79 Å². The van der Waals surface area contributed by atoms with Crippen LogP contribution in [-0.2, 0) is 20.7 Å². The molecule has 0 amide bonds. The van der Waals surface area contributed by atoms with Crippen LogP contribution in [0.3, 0.4) is 0 Å². The summed E-state index contributed by atoms with van der Waals surface area (Å²) in [4.78, 5) is 22.3. The Labute approximate surface area is 134 Å². The lowest BCUT2D eigenvalue weighted by molar-refractivity contribution is -0.139. The van der Waals surface area contributed by atoms with Gasteiger partial charge in [-0.3, -0.25) is 4.79 Å². The Balaban J connectivity index is 1.77. The van der Waals surface area contributed by atoms with Crippen LogP contribution >= 0.6 is 0 Å². The normalized spacial score (nSPS) is 17.0. The third kappa shape index (κ3) is 5.82. The van der Waals surface area contributed by atoms with Gasteiger partial charge in [-0.05, 0) is 48.6 Å². The van der Waals surface area contributed by atoms with E-state index in [1.165, 1.54) is 0 Å². The average Bonchev–Trinajstić information content (AvgIpc) is 2.53. The van der Waals surface area contributed by atoms with E-state index in [0.717, 1.165) is 11.6 Å². The number of aliphatic carboxylic acids is 1. The zero-order valence-corrected chi connectivity index (χ0v) is 12.5.